The van der Waals surface area contributed by atoms with Crippen LogP contribution >= 0.6 is 0 Å². The molecule has 2 atom stereocenters. The molecule has 0 bridgehead atoms. The minimum Gasteiger partial charge on any atom is -0.368 e. The lowest BCUT2D eigenvalue weighted by atomic mass is 9.97. The number of nitrogens with zero attached hydrogens (tertiary/aromatic N) is 3. The van der Waals surface area contributed by atoms with Gasteiger partial charge in [-0.2, -0.15) is 13.2 Å². The van der Waals surface area contributed by atoms with Crippen LogP contribution in [0, 0.1) is 11.7 Å². The maximum absolute atomic E-state index is 13.1. The largest absolute Gasteiger partial charge is 0.434 e. The molecule has 2 heterocycles. The van der Waals surface area contributed by atoms with E-state index < -0.39 is 29.6 Å². The number of likely N-dealkylation sites (N-methyl/N-ethyl adjacent to an activating group) is 1. The monoisotopic (exact) mass is 384 g/mol. The van der Waals surface area contributed by atoms with Crippen molar-refractivity contribution in [2.75, 3.05) is 13.6 Å². The number of benzene rings is 1. The van der Waals surface area contributed by atoms with Crippen molar-refractivity contribution in [1.82, 2.24) is 14.5 Å². The highest BCUT2D eigenvalue weighted by Gasteiger charge is 2.36. The lowest BCUT2D eigenvalue weighted by molar-refractivity contribution is -0.141. The molecule has 9 heteroatoms. The lowest BCUT2D eigenvalue weighted by Gasteiger charge is -2.32. The molecular weight excluding hydrogens is 364 g/mol. The molecule has 0 aliphatic carbocycles. The quantitative estimate of drug-likeness (QED) is 0.807. The van der Waals surface area contributed by atoms with E-state index >= 15 is 0 Å². The van der Waals surface area contributed by atoms with Gasteiger partial charge in [0.25, 0.3) is 0 Å². The highest BCUT2D eigenvalue weighted by atomic mass is 19.4. The van der Waals surface area contributed by atoms with Crippen LogP contribution in [0.4, 0.5) is 17.6 Å². The third-order valence-electron chi connectivity index (χ3n) is 4.82. The number of alkyl halides is 3. The summed E-state index contributed by atoms with van der Waals surface area (Å²) in [5.74, 6) is -0.515. The first-order valence-corrected chi connectivity index (χ1v) is 8.53. The van der Waals surface area contributed by atoms with E-state index in [2.05, 4.69) is 4.98 Å². The van der Waals surface area contributed by atoms with E-state index in [4.69, 9.17) is 5.73 Å². The first kappa shape index (κ1) is 19.3. The summed E-state index contributed by atoms with van der Waals surface area (Å²) < 4.78 is 53.2. The van der Waals surface area contributed by atoms with Crippen molar-refractivity contribution >= 4 is 5.91 Å². The third-order valence-corrected chi connectivity index (χ3v) is 4.82. The zero-order chi connectivity index (χ0) is 19.8. The number of hydrogen-bond donors (Lipinski definition) is 1. The van der Waals surface area contributed by atoms with Crippen molar-refractivity contribution in [1.29, 1.82) is 0 Å². The third kappa shape index (κ3) is 4.29. The van der Waals surface area contributed by atoms with Gasteiger partial charge in [0.1, 0.15) is 17.7 Å². The summed E-state index contributed by atoms with van der Waals surface area (Å²) in [6, 6.07) is 4.80. The van der Waals surface area contributed by atoms with Crippen LogP contribution in [0.25, 0.3) is 0 Å². The van der Waals surface area contributed by atoms with Crippen molar-refractivity contribution in [2.24, 2.45) is 11.7 Å². The molecule has 1 aromatic carbocycles. The van der Waals surface area contributed by atoms with Crippen LogP contribution in [0.5, 0.6) is 0 Å². The summed E-state index contributed by atoms with van der Waals surface area (Å²) in [7, 11) is 1.73. The maximum atomic E-state index is 13.1. The Labute approximate surface area is 153 Å². The van der Waals surface area contributed by atoms with E-state index in [1.807, 2.05) is 0 Å². The topological polar surface area (TPSA) is 64.2 Å². The number of aromatic nitrogens is 2. The Morgan fingerprint density at radius 2 is 2.04 bits per heavy atom. The molecule has 27 heavy (non-hydrogen) atoms. The van der Waals surface area contributed by atoms with Crippen molar-refractivity contribution in [3.63, 3.8) is 0 Å². The van der Waals surface area contributed by atoms with E-state index in [1.165, 1.54) is 28.8 Å². The van der Waals surface area contributed by atoms with E-state index in [1.54, 1.807) is 11.9 Å². The Kier molecular flexibility index (Phi) is 5.23. The van der Waals surface area contributed by atoms with Crippen LogP contribution < -0.4 is 5.73 Å². The first-order chi connectivity index (χ1) is 12.6. The molecule has 1 amide bonds. The number of hydrogen-bond acceptors (Lipinski definition) is 3. The van der Waals surface area contributed by atoms with Gasteiger partial charge in [-0.05, 0) is 37.1 Å². The zero-order valence-corrected chi connectivity index (χ0v) is 14.7. The molecule has 0 unspecified atom stereocenters. The molecule has 3 rings (SSSR count). The molecule has 5 nitrogen and oxygen atoms in total. The molecule has 0 saturated carbocycles. The number of rotatable bonds is 5. The van der Waals surface area contributed by atoms with Crippen molar-refractivity contribution < 1.29 is 22.4 Å². The van der Waals surface area contributed by atoms with E-state index in [-0.39, 0.29) is 5.92 Å². The molecule has 0 radical (unpaired) electrons. The number of imidazole rings is 1. The SMILES string of the molecule is CN(C[C@@H]1CCc2nc(C(F)(F)F)cn2C1)[C@H](C(N)=O)c1ccc(F)cc1. The highest BCUT2D eigenvalue weighted by molar-refractivity contribution is 5.81. The average molecular weight is 384 g/mol. The molecule has 1 aromatic heterocycles. The second kappa shape index (κ2) is 7.30. The van der Waals surface area contributed by atoms with E-state index in [9.17, 15) is 22.4 Å². The van der Waals surface area contributed by atoms with Gasteiger partial charge < -0.3 is 10.3 Å². The molecule has 146 valence electrons. The smallest absolute Gasteiger partial charge is 0.368 e. The van der Waals surface area contributed by atoms with Crippen LogP contribution in [0.3, 0.4) is 0 Å². The Bertz CT molecular complexity index is 816. The Hall–Kier alpha value is -2.42. The fourth-order valence-electron chi connectivity index (χ4n) is 3.59. The second-order valence-corrected chi connectivity index (χ2v) is 6.89. The minimum absolute atomic E-state index is 0.0417. The fraction of sp³-hybridized carbons (Fsp3) is 0.444. The fourth-order valence-corrected chi connectivity index (χ4v) is 3.59. The van der Waals surface area contributed by atoms with Gasteiger partial charge in [0.2, 0.25) is 5.91 Å². The molecule has 1 aliphatic rings. The molecular formula is C18H20F4N4O. The predicted octanol–water partition coefficient (Wildman–Crippen LogP) is 2.76. The molecule has 0 spiro atoms. The van der Waals surface area contributed by atoms with Crippen LogP contribution in [-0.2, 0) is 23.9 Å². The number of fused-ring (bicyclic) bond motifs is 1. The first-order valence-electron chi connectivity index (χ1n) is 8.53. The summed E-state index contributed by atoms with van der Waals surface area (Å²) in [6.07, 6.45) is -2.33. The van der Waals surface area contributed by atoms with Gasteiger partial charge in [-0.1, -0.05) is 12.1 Å². The number of amides is 1. The Balaban J connectivity index is 1.71. The number of primary amides is 1. The number of halogens is 4. The normalized spacial score (nSPS) is 18.4. The van der Waals surface area contributed by atoms with Gasteiger partial charge in [0, 0.05) is 25.7 Å². The van der Waals surface area contributed by atoms with Crippen LogP contribution in [0.15, 0.2) is 30.5 Å². The Morgan fingerprint density at radius 1 is 1.37 bits per heavy atom. The molecule has 0 saturated heterocycles. The minimum atomic E-state index is -4.46. The van der Waals surface area contributed by atoms with Gasteiger partial charge in [0.05, 0.1) is 0 Å². The summed E-state index contributed by atoms with van der Waals surface area (Å²) in [5.41, 5.74) is 5.22. The molecule has 1 aliphatic heterocycles. The van der Waals surface area contributed by atoms with Crippen LogP contribution in [-0.4, -0.2) is 34.0 Å². The average Bonchev–Trinajstić information content (AvgIpc) is 3.00. The lowest BCUT2D eigenvalue weighted by Crippen LogP contribution is -2.39. The standard InChI is InChI=1S/C18H20F4N4O/c1-25(16(17(23)27)12-3-5-13(19)6-4-12)8-11-2-7-15-24-14(18(20,21)22)10-26(15)9-11/h3-6,10-11,16H,2,7-9H2,1H3,(H2,23,27)/t11-,16-/m0/s1. The van der Waals surface area contributed by atoms with Crippen molar-refractivity contribution in [3.05, 3.63) is 53.4 Å². The van der Waals surface area contributed by atoms with Gasteiger partial charge in [-0.25, -0.2) is 9.37 Å². The van der Waals surface area contributed by atoms with Gasteiger partial charge in [-0.15, -0.1) is 0 Å². The van der Waals surface area contributed by atoms with Crippen molar-refractivity contribution in [3.8, 4) is 0 Å². The number of aryl methyl sites for hydroxylation is 1. The van der Waals surface area contributed by atoms with Gasteiger partial charge >= 0.3 is 6.18 Å². The zero-order valence-electron chi connectivity index (χ0n) is 14.7. The number of nitrogens with two attached hydrogens (primary N) is 1. The number of carbonyl (C=O) groups excluding carboxylic acids is 1. The Morgan fingerprint density at radius 3 is 2.63 bits per heavy atom. The summed E-state index contributed by atoms with van der Waals surface area (Å²) >= 11 is 0. The molecule has 0 fully saturated rings. The summed E-state index contributed by atoms with van der Waals surface area (Å²) in [5, 5.41) is 0. The molecule has 2 N–H and O–H groups in total. The van der Waals surface area contributed by atoms with Crippen molar-refractivity contribution in [2.45, 2.75) is 31.6 Å². The predicted molar refractivity (Wildman–Crippen MR) is 90.0 cm³/mol. The van der Waals surface area contributed by atoms with Crippen LogP contribution in [0.2, 0.25) is 0 Å². The second-order valence-electron chi connectivity index (χ2n) is 6.89. The van der Waals surface area contributed by atoms with Gasteiger partial charge in [0.15, 0.2) is 5.69 Å². The summed E-state index contributed by atoms with van der Waals surface area (Å²) in [4.78, 5) is 17.4. The van der Waals surface area contributed by atoms with Crippen LogP contribution in [0.1, 0.15) is 29.5 Å². The molecule has 2 aromatic rings. The maximum Gasteiger partial charge on any atom is 0.434 e. The summed E-state index contributed by atoms with van der Waals surface area (Å²) in [6.45, 7) is 0.849. The number of carbonyl (C=O) groups is 1. The van der Waals surface area contributed by atoms with E-state index in [0.717, 1.165) is 6.20 Å². The van der Waals surface area contributed by atoms with E-state index in [0.29, 0.717) is 37.3 Å². The van der Waals surface area contributed by atoms with Gasteiger partial charge in [-0.3, -0.25) is 9.69 Å². The highest BCUT2D eigenvalue weighted by Crippen LogP contribution is 2.31.